The zero-order chi connectivity index (χ0) is 20.8. The number of para-hydroxylation sites is 3. The second-order valence-electron chi connectivity index (χ2n) is 7.52. The summed E-state index contributed by atoms with van der Waals surface area (Å²) in [6, 6.07) is 21.7. The van der Waals surface area contributed by atoms with Crippen molar-refractivity contribution in [3.63, 3.8) is 0 Å². The molecule has 7 nitrogen and oxygen atoms in total. The number of H-pyrrole nitrogens is 1. The van der Waals surface area contributed by atoms with Gasteiger partial charge in [0.1, 0.15) is 5.52 Å². The predicted molar refractivity (Wildman–Crippen MR) is 122 cm³/mol. The summed E-state index contributed by atoms with van der Waals surface area (Å²) in [6.07, 6.45) is 2.08. The second-order valence-corrected chi connectivity index (χ2v) is 7.52. The maximum absolute atomic E-state index is 12.7. The molecular formula is C24H18N6O. The zero-order valence-corrected chi connectivity index (χ0v) is 16.5. The standard InChI is InChI=1S/C24H18N6O/c31-22(26-16-10-9-15-14-25-29-20(15)13-16)11-12-30-21-8-4-1-5-17(21)23-24(30)28-19-7-3-2-6-18(19)27-23/h1-10,13-14H,11-12H2,(H,25,29)(H,26,31). The summed E-state index contributed by atoms with van der Waals surface area (Å²) >= 11 is 0. The Labute approximate surface area is 176 Å². The molecule has 0 saturated heterocycles. The second kappa shape index (κ2) is 6.91. The van der Waals surface area contributed by atoms with Crippen LogP contribution in [0.25, 0.3) is 44.0 Å². The van der Waals surface area contributed by atoms with Gasteiger partial charge in [0.25, 0.3) is 0 Å². The SMILES string of the molecule is O=C(CCn1c2ccccc2c2nc3ccccc3nc21)Nc1ccc2cn[nH]c2c1. The maximum atomic E-state index is 12.7. The van der Waals surface area contributed by atoms with Gasteiger partial charge in [0, 0.05) is 29.4 Å². The van der Waals surface area contributed by atoms with E-state index in [0.717, 1.165) is 49.7 Å². The normalized spacial score (nSPS) is 11.6. The Kier molecular flexibility index (Phi) is 3.92. The summed E-state index contributed by atoms with van der Waals surface area (Å²) in [7, 11) is 0. The van der Waals surface area contributed by atoms with E-state index in [4.69, 9.17) is 9.97 Å². The quantitative estimate of drug-likeness (QED) is 0.446. The highest BCUT2D eigenvalue weighted by Gasteiger charge is 2.15. The fourth-order valence-corrected chi connectivity index (χ4v) is 4.06. The van der Waals surface area contributed by atoms with Crippen LogP contribution < -0.4 is 5.32 Å². The Bertz CT molecular complexity index is 1600. The van der Waals surface area contributed by atoms with Crippen molar-refractivity contribution in [2.75, 3.05) is 5.32 Å². The molecule has 31 heavy (non-hydrogen) atoms. The molecule has 6 rings (SSSR count). The number of hydrogen-bond donors (Lipinski definition) is 2. The van der Waals surface area contributed by atoms with Crippen LogP contribution in [0.15, 0.2) is 72.9 Å². The van der Waals surface area contributed by atoms with E-state index in [1.807, 2.05) is 60.7 Å². The topological polar surface area (TPSA) is 88.5 Å². The zero-order valence-electron chi connectivity index (χ0n) is 16.5. The van der Waals surface area contributed by atoms with E-state index < -0.39 is 0 Å². The van der Waals surface area contributed by atoms with E-state index in [-0.39, 0.29) is 5.91 Å². The number of aromatic amines is 1. The van der Waals surface area contributed by atoms with Crippen molar-refractivity contribution in [2.45, 2.75) is 13.0 Å². The van der Waals surface area contributed by atoms with Crippen LogP contribution in [0.2, 0.25) is 0 Å². The maximum Gasteiger partial charge on any atom is 0.226 e. The number of carbonyl (C=O) groups excluding carboxylic acids is 1. The third-order valence-corrected chi connectivity index (χ3v) is 5.55. The van der Waals surface area contributed by atoms with Gasteiger partial charge >= 0.3 is 0 Å². The molecule has 0 aliphatic heterocycles. The fourth-order valence-electron chi connectivity index (χ4n) is 4.06. The Balaban J connectivity index is 1.33. The van der Waals surface area contributed by atoms with E-state index in [9.17, 15) is 4.79 Å². The summed E-state index contributed by atoms with van der Waals surface area (Å²) < 4.78 is 2.09. The van der Waals surface area contributed by atoms with E-state index in [0.29, 0.717) is 13.0 Å². The molecule has 0 atom stereocenters. The molecule has 7 heteroatoms. The molecule has 0 aliphatic rings. The van der Waals surface area contributed by atoms with Crippen LogP contribution in [-0.2, 0) is 11.3 Å². The smallest absolute Gasteiger partial charge is 0.226 e. The molecule has 6 aromatic rings. The summed E-state index contributed by atoms with van der Waals surface area (Å²) in [5.41, 5.74) is 6.03. The lowest BCUT2D eigenvalue weighted by molar-refractivity contribution is -0.116. The largest absolute Gasteiger partial charge is 0.326 e. The van der Waals surface area contributed by atoms with Gasteiger partial charge in [0.15, 0.2) is 5.65 Å². The van der Waals surface area contributed by atoms with Gasteiger partial charge in [-0.15, -0.1) is 0 Å². The summed E-state index contributed by atoms with van der Waals surface area (Å²) in [5, 5.41) is 12.0. The number of aryl methyl sites for hydroxylation is 1. The van der Waals surface area contributed by atoms with Crippen molar-refractivity contribution < 1.29 is 4.79 Å². The monoisotopic (exact) mass is 406 g/mol. The van der Waals surface area contributed by atoms with Crippen LogP contribution >= 0.6 is 0 Å². The molecule has 3 aromatic heterocycles. The molecule has 3 aromatic carbocycles. The lowest BCUT2D eigenvalue weighted by Crippen LogP contribution is -2.14. The molecular weight excluding hydrogens is 388 g/mol. The summed E-state index contributed by atoms with van der Waals surface area (Å²) in [4.78, 5) is 22.4. The van der Waals surface area contributed by atoms with Crippen LogP contribution in [0.1, 0.15) is 6.42 Å². The van der Waals surface area contributed by atoms with Gasteiger partial charge in [-0.1, -0.05) is 30.3 Å². The predicted octanol–water partition coefficient (Wildman–Crippen LogP) is 4.64. The van der Waals surface area contributed by atoms with Crippen molar-refractivity contribution in [2.24, 2.45) is 0 Å². The Morgan fingerprint density at radius 3 is 2.68 bits per heavy atom. The number of anilines is 1. The molecule has 0 saturated carbocycles. The van der Waals surface area contributed by atoms with Gasteiger partial charge in [-0.25, -0.2) is 9.97 Å². The van der Waals surface area contributed by atoms with Gasteiger partial charge in [0.2, 0.25) is 5.91 Å². The molecule has 0 radical (unpaired) electrons. The molecule has 0 fully saturated rings. The van der Waals surface area contributed by atoms with E-state index in [1.54, 1.807) is 6.20 Å². The minimum Gasteiger partial charge on any atom is -0.326 e. The van der Waals surface area contributed by atoms with Crippen LogP contribution in [0.4, 0.5) is 5.69 Å². The third kappa shape index (κ3) is 2.98. The first-order valence-corrected chi connectivity index (χ1v) is 10.1. The van der Waals surface area contributed by atoms with Crippen molar-refractivity contribution in [1.82, 2.24) is 24.7 Å². The highest BCUT2D eigenvalue weighted by Crippen LogP contribution is 2.28. The summed E-state index contributed by atoms with van der Waals surface area (Å²) in [6.45, 7) is 0.509. The number of hydrogen-bond acceptors (Lipinski definition) is 4. The number of fused-ring (bicyclic) bond motifs is 5. The number of carbonyl (C=O) groups is 1. The fraction of sp³-hybridized carbons (Fsp3) is 0.0833. The van der Waals surface area contributed by atoms with Gasteiger partial charge < -0.3 is 9.88 Å². The van der Waals surface area contributed by atoms with Crippen LogP contribution in [-0.4, -0.2) is 30.6 Å². The van der Waals surface area contributed by atoms with Crippen molar-refractivity contribution in [1.29, 1.82) is 0 Å². The lowest BCUT2D eigenvalue weighted by atomic mass is 10.2. The Hall–Kier alpha value is -4.26. The van der Waals surface area contributed by atoms with Gasteiger partial charge in [0.05, 0.1) is 28.3 Å². The van der Waals surface area contributed by atoms with Crippen LogP contribution in [0.5, 0.6) is 0 Å². The Morgan fingerprint density at radius 1 is 0.968 bits per heavy atom. The first-order valence-electron chi connectivity index (χ1n) is 10.1. The average Bonchev–Trinajstić information content (AvgIpc) is 3.38. The molecule has 1 amide bonds. The number of rotatable bonds is 4. The molecule has 3 heterocycles. The van der Waals surface area contributed by atoms with Crippen LogP contribution in [0.3, 0.4) is 0 Å². The van der Waals surface area contributed by atoms with Gasteiger partial charge in [-0.3, -0.25) is 9.89 Å². The number of nitrogens with one attached hydrogen (secondary N) is 2. The average molecular weight is 406 g/mol. The number of aromatic nitrogens is 5. The highest BCUT2D eigenvalue weighted by molar-refractivity contribution is 6.06. The molecule has 0 aliphatic carbocycles. The first kappa shape index (κ1) is 17.6. The van der Waals surface area contributed by atoms with Crippen molar-refractivity contribution in [3.05, 3.63) is 72.9 Å². The molecule has 0 bridgehead atoms. The van der Waals surface area contributed by atoms with Crippen molar-refractivity contribution in [3.8, 4) is 0 Å². The minimum absolute atomic E-state index is 0.0569. The minimum atomic E-state index is -0.0569. The van der Waals surface area contributed by atoms with Gasteiger partial charge in [-0.2, -0.15) is 5.10 Å². The number of benzene rings is 3. The number of amides is 1. The van der Waals surface area contributed by atoms with E-state index >= 15 is 0 Å². The van der Waals surface area contributed by atoms with Crippen molar-refractivity contribution >= 4 is 55.6 Å². The third-order valence-electron chi connectivity index (χ3n) is 5.55. The highest BCUT2D eigenvalue weighted by atomic mass is 16.1. The summed E-state index contributed by atoms with van der Waals surface area (Å²) in [5.74, 6) is -0.0569. The number of nitrogens with zero attached hydrogens (tertiary/aromatic N) is 4. The van der Waals surface area contributed by atoms with Gasteiger partial charge in [-0.05, 0) is 36.4 Å². The molecule has 0 unspecified atom stereocenters. The molecule has 2 N–H and O–H groups in total. The Morgan fingerprint density at radius 2 is 1.77 bits per heavy atom. The molecule has 150 valence electrons. The van der Waals surface area contributed by atoms with Crippen LogP contribution in [0, 0.1) is 0 Å². The van der Waals surface area contributed by atoms with E-state index in [2.05, 4.69) is 26.1 Å². The lowest BCUT2D eigenvalue weighted by Gasteiger charge is -2.08. The molecule has 0 spiro atoms. The van der Waals surface area contributed by atoms with E-state index in [1.165, 1.54) is 0 Å². The first-order chi connectivity index (χ1) is 15.3.